The molecule has 1 heterocycles. The van der Waals surface area contributed by atoms with E-state index in [4.69, 9.17) is 11.6 Å². The first kappa shape index (κ1) is 10.7. The summed E-state index contributed by atoms with van der Waals surface area (Å²) in [4.78, 5) is 0. The summed E-state index contributed by atoms with van der Waals surface area (Å²) in [6.45, 7) is 2.08. The van der Waals surface area contributed by atoms with E-state index in [-0.39, 0.29) is 0 Å². The molecule has 0 amide bonds. The third-order valence-electron chi connectivity index (χ3n) is 2.07. The summed E-state index contributed by atoms with van der Waals surface area (Å²) in [6.07, 6.45) is 1.78. The Bertz CT molecular complexity index is 456. The van der Waals surface area contributed by atoms with E-state index in [1.807, 2.05) is 18.2 Å². The van der Waals surface area contributed by atoms with Crippen molar-refractivity contribution in [2.24, 2.45) is 0 Å². The fourth-order valence-corrected chi connectivity index (χ4v) is 2.35. The number of benzene rings is 1. The van der Waals surface area contributed by atoms with Crippen molar-refractivity contribution in [1.82, 2.24) is 10.2 Å². The third kappa shape index (κ3) is 2.41. The number of halogens is 1. The van der Waals surface area contributed by atoms with Crippen LogP contribution >= 0.6 is 23.4 Å². The van der Waals surface area contributed by atoms with Crippen molar-refractivity contribution in [3.05, 3.63) is 30.5 Å². The van der Waals surface area contributed by atoms with Gasteiger partial charge in [0.1, 0.15) is 5.03 Å². The zero-order valence-corrected chi connectivity index (χ0v) is 9.92. The Kier molecular flexibility index (Phi) is 3.44. The van der Waals surface area contributed by atoms with Crippen LogP contribution in [0.15, 0.2) is 35.5 Å². The molecule has 4 heteroatoms. The second kappa shape index (κ2) is 4.81. The minimum atomic E-state index is 0.353. The van der Waals surface area contributed by atoms with E-state index >= 15 is 0 Å². The van der Waals surface area contributed by atoms with E-state index in [0.29, 0.717) is 11.1 Å². The molecule has 2 nitrogen and oxygen atoms in total. The fraction of sp³-hybridized carbons (Fsp3) is 0.273. The van der Waals surface area contributed by atoms with Crippen LogP contribution in [-0.4, -0.2) is 21.3 Å². The lowest BCUT2D eigenvalue weighted by atomic mass is 10.2. The lowest BCUT2D eigenvalue weighted by Crippen LogP contribution is -1.98. The zero-order chi connectivity index (χ0) is 10.7. The highest BCUT2D eigenvalue weighted by molar-refractivity contribution is 8.00. The molecule has 15 heavy (non-hydrogen) atoms. The van der Waals surface area contributed by atoms with Crippen molar-refractivity contribution in [3.8, 4) is 0 Å². The number of alkyl halides is 1. The van der Waals surface area contributed by atoms with Gasteiger partial charge in [-0.05, 0) is 0 Å². The van der Waals surface area contributed by atoms with Crippen LogP contribution in [0, 0.1) is 0 Å². The second-order valence-electron chi connectivity index (χ2n) is 3.32. The van der Waals surface area contributed by atoms with E-state index in [2.05, 4.69) is 23.2 Å². The van der Waals surface area contributed by atoms with Crippen LogP contribution in [0.25, 0.3) is 10.8 Å². The molecule has 1 aromatic carbocycles. The molecule has 2 rings (SSSR count). The molecule has 1 unspecified atom stereocenters. The molecule has 0 fully saturated rings. The Morgan fingerprint density at radius 1 is 1.40 bits per heavy atom. The van der Waals surface area contributed by atoms with Gasteiger partial charge in [0.2, 0.25) is 0 Å². The van der Waals surface area contributed by atoms with Gasteiger partial charge in [-0.1, -0.05) is 43.0 Å². The van der Waals surface area contributed by atoms with Crippen molar-refractivity contribution in [1.29, 1.82) is 0 Å². The molecule has 0 spiro atoms. The first-order valence-electron chi connectivity index (χ1n) is 4.74. The van der Waals surface area contributed by atoms with Gasteiger partial charge in [0.05, 0.1) is 6.20 Å². The van der Waals surface area contributed by atoms with E-state index in [0.717, 1.165) is 15.8 Å². The van der Waals surface area contributed by atoms with Crippen LogP contribution in [0.3, 0.4) is 0 Å². The summed E-state index contributed by atoms with van der Waals surface area (Å²) in [5, 5.41) is 11.7. The zero-order valence-electron chi connectivity index (χ0n) is 8.35. The largest absolute Gasteiger partial charge is 0.157 e. The lowest BCUT2D eigenvalue weighted by Gasteiger charge is -2.07. The van der Waals surface area contributed by atoms with Crippen LogP contribution in [0.5, 0.6) is 0 Å². The lowest BCUT2D eigenvalue weighted by molar-refractivity contribution is 0.949. The SMILES string of the molecule is CC(CCl)Sc1nncc2ccccc12. The summed E-state index contributed by atoms with van der Waals surface area (Å²) in [5.41, 5.74) is 0. The number of aromatic nitrogens is 2. The molecule has 2 aromatic rings. The first-order chi connectivity index (χ1) is 7.31. The number of fused-ring (bicyclic) bond motifs is 1. The molecule has 0 aliphatic carbocycles. The second-order valence-corrected chi connectivity index (χ2v) is 5.06. The Morgan fingerprint density at radius 3 is 3.00 bits per heavy atom. The standard InChI is InChI=1S/C11H11ClN2S/c1-8(6-12)15-11-10-5-3-2-4-9(10)7-13-14-11/h2-5,7-8H,6H2,1H3. The van der Waals surface area contributed by atoms with E-state index in [1.54, 1.807) is 18.0 Å². The Morgan fingerprint density at radius 2 is 2.20 bits per heavy atom. The Labute approximate surface area is 98.0 Å². The number of hydrogen-bond donors (Lipinski definition) is 0. The molecule has 0 bridgehead atoms. The van der Waals surface area contributed by atoms with Gasteiger partial charge in [0, 0.05) is 21.9 Å². The van der Waals surface area contributed by atoms with Crippen LogP contribution < -0.4 is 0 Å². The predicted molar refractivity (Wildman–Crippen MR) is 65.6 cm³/mol. The van der Waals surface area contributed by atoms with Crippen molar-refractivity contribution in [2.45, 2.75) is 17.2 Å². The van der Waals surface area contributed by atoms with E-state index in [9.17, 15) is 0 Å². The summed E-state index contributed by atoms with van der Waals surface area (Å²) in [6, 6.07) is 8.12. The topological polar surface area (TPSA) is 25.8 Å². The van der Waals surface area contributed by atoms with Gasteiger partial charge < -0.3 is 0 Å². The average molecular weight is 239 g/mol. The third-order valence-corrected chi connectivity index (χ3v) is 3.81. The van der Waals surface area contributed by atoms with Crippen molar-refractivity contribution < 1.29 is 0 Å². The highest BCUT2D eigenvalue weighted by atomic mass is 35.5. The van der Waals surface area contributed by atoms with Crippen LogP contribution in [0.1, 0.15) is 6.92 Å². The number of nitrogens with zero attached hydrogens (tertiary/aromatic N) is 2. The average Bonchev–Trinajstić information content (AvgIpc) is 2.29. The maximum absolute atomic E-state index is 5.78. The molecule has 0 saturated heterocycles. The predicted octanol–water partition coefficient (Wildman–Crippen LogP) is 3.35. The highest BCUT2D eigenvalue weighted by Crippen LogP contribution is 2.28. The highest BCUT2D eigenvalue weighted by Gasteiger charge is 2.07. The normalized spacial score (nSPS) is 12.9. The molecular weight excluding hydrogens is 228 g/mol. The van der Waals surface area contributed by atoms with E-state index in [1.165, 1.54) is 0 Å². The van der Waals surface area contributed by atoms with Crippen molar-refractivity contribution >= 4 is 34.1 Å². The molecule has 0 aliphatic rings. The maximum atomic E-state index is 5.78. The first-order valence-corrected chi connectivity index (χ1v) is 6.15. The minimum Gasteiger partial charge on any atom is -0.157 e. The molecule has 0 aliphatic heterocycles. The monoisotopic (exact) mass is 238 g/mol. The van der Waals surface area contributed by atoms with Gasteiger partial charge >= 0.3 is 0 Å². The quantitative estimate of drug-likeness (QED) is 0.606. The number of hydrogen-bond acceptors (Lipinski definition) is 3. The van der Waals surface area contributed by atoms with Gasteiger partial charge in [-0.3, -0.25) is 0 Å². The molecule has 0 saturated carbocycles. The molecule has 1 aromatic heterocycles. The summed E-state index contributed by atoms with van der Waals surface area (Å²) in [5.74, 6) is 0.621. The minimum absolute atomic E-state index is 0.353. The molecule has 0 radical (unpaired) electrons. The number of rotatable bonds is 3. The molecular formula is C11H11ClN2S. The molecule has 1 atom stereocenters. The molecule has 78 valence electrons. The van der Waals surface area contributed by atoms with Gasteiger partial charge in [-0.15, -0.1) is 16.7 Å². The van der Waals surface area contributed by atoms with Crippen molar-refractivity contribution in [3.63, 3.8) is 0 Å². The summed E-state index contributed by atoms with van der Waals surface area (Å²) >= 11 is 7.45. The Hall–Kier alpha value is -0.800. The smallest absolute Gasteiger partial charge is 0.127 e. The van der Waals surface area contributed by atoms with Crippen LogP contribution in [0.2, 0.25) is 0 Å². The Balaban J connectivity index is 2.42. The van der Waals surface area contributed by atoms with Gasteiger partial charge in [-0.25, -0.2) is 0 Å². The molecule has 0 N–H and O–H groups in total. The van der Waals surface area contributed by atoms with Gasteiger partial charge in [-0.2, -0.15) is 5.10 Å². The van der Waals surface area contributed by atoms with Crippen LogP contribution in [0.4, 0.5) is 0 Å². The summed E-state index contributed by atoms with van der Waals surface area (Å²) < 4.78 is 0. The maximum Gasteiger partial charge on any atom is 0.127 e. The van der Waals surface area contributed by atoms with Gasteiger partial charge in [0.15, 0.2) is 0 Å². The van der Waals surface area contributed by atoms with E-state index < -0.39 is 0 Å². The fourth-order valence-electron chi connectivity index (χ4n) is 1.31. The van der Waals surface area contributed by atoms with Crippen LogP contribution in [-0.2, 0) is 0 Å². The summed E-state index contributed by atoms with van der Waals surface area (Å²) in [7, 11) is 0. The van der Waals surface area contributed by atoms with Crippen molar-refractivity contribution in [2.75, 3.05) is 5.88 Å². The number of thioether (sulfide) groups is 1. The van der Waals surface area contributed by atoms with Gasteiger partial charge in [0.25, 0.3) is 0 Å².